The Balaban J connectivity index is 4.02. The maximum atomic E-state index is 11.1. The van der Waals surface area contributed by atoms with E-state index in [9.17, 15) is 4.79 Å². The zero-order valence-corrected chi connectivity index (χ0v) is 8.55. The van der Waals surface area contributed by atoms with Crippen LogP contribution in [0.3, 0.4) is 0 Å². The fourth-order valence-corrected chi connectivity index (χ4v) is 0.638. The quantitative estimate of drug-likeness (QED) is 0.687. The molecule has 0 saturated heterocycles. The van der Waals surface area contributed by atoms with E-state index in [4.69, 9.17) is 9.84 Å². The molecule has 2 N–H and O–H groups in total. The van der Waals surface area contributed by atoms with E-state index < -0.39 is 11.7 Å². The van der Waals surface area contributed by atoms with Crippen LogP contribution in [0.5, 0.6) is 0 Å². The fourth-order valence-electron chi connectivity index (χ4n) is 0.638. The van der Waals surface area contributed by atoms with Crippen molar-refractivity contribution in [2.24, 2.45) is 0 Å². The normalized spacial score (nSPS) is 12.5. The van der Waals surface area contributed by atoms with Gasteiger partial charge in [0.05, 0.1) is 6.61 Å². The van der Waals surface area contributed by atoms with Crippen molar-refractivity contribution < 1.29 is 14.6 Å². The first-order valence-corrected chi connectivity index (χ1v) is 4.15. The molecule has 0 unspecified atom stereocenters. The first kappa shape index (κ1) is 12.0. The van der Waals surface area contributed by atoms with Gasteiger partial charge in [-0.1, -0.05) is 6.08 Å². The second kappa shape index (κ2) is 4.87. The zero-order chi connectivity index (χ0) is 10.5. The number of alkyl carbamates (subject to hydrolysis) is 1. The average Bonchev–Trinajstić information content (AvgIpc) is 1.96. The molecule has 0 aliphatic rings. The van der Waals surface area contributed by atoms with Crippen molar-refractivity contribution in [2.75, 3.05) is 6.61 Å². The van der Waals surface area contributed by atoms with Crippen LogP contribution in [0.2, 0.25) is 0 Å². The molecule has 0 aliphatic carbocycles. The van der Waals surface area contributed by atoms with Gasteiger partial charge in [0, 0.05) is 5.70 Å². The highest BCUT2D eigenvalue weighted by Crippen LogP contribution is 2.06. The molecule has 0 aromatic rings. The van der Waals surface area contributed by atoms with E-state index in [2.05, 4.69) is 5.32 Å². The topological polar surface area (TPSA) is 58.6 Å². The van der Waals surface area contributed by atoms with Crippen LogP contribution in [-0.4, -0.2) is 23.4 Å². The van der Waals surface area contributed by atoms with E-state index in [-0.39, 0.29) is 6.61 Å². The molecule has 0 spiro atoms. The van der Waals surface area contributed by atoms with Crippen molar-refractivity contribution in [1.82, 2.24) is 5.32 Å². The number of rotatable bonds is 2. The van der Waals surface area contributed by atoms with E-state index >= 15 is 0 Å². The molecule has 0 rings (SSSR count). The second-order valence-corrected chi connectivity index (χ2v) is 3.60. The minimum absolute atomic E-state index is 0.199. The van der Waals surface area contributed by atoms with Gasteiger partial charge < -0.3 is 9.84 Å². The highest BCUT2D eigenvalue weighted by Gasteiger charge is 2.16. The molecule has 0 atom stereocenters. The summed E-state index contributed by atoms with van der Waals surface area (Å²) in [5.74, 6) is 0. The molecule has 0 heterocycles. The lowest BCUT2D eigenvalue weighted by molar-refractivity contribution is 0.0539. The highest BCUT2D eigenvalue weighted by atomic mass is 16.6. The Kier molecular flexibility index (Phi) is 4.48. The molecule has 0 fully saturated rings. The van der Waals surface area contributed by atoms with Crippen LogP contribution in [0.4, 0.5) is 4.79 Å². The third-order valence-electron chi connectivity index (χ3n) is 1.18. The van der Waals surface area contributed by atoms with E-state index in [0.29, 0.717) is 5.70 Å². The molecule has 0 radical (unpaired) electrons. The number of carbonyl (C=O) groups excluding carboxylic acids is 1. The van der Waals surface area contributed by atoms with Crippen molar-refractivity contribution in [3.8, 4) is 0 Å². The van der Waals surface area contributed by atoms with E-state index in [0.717, 1.165) is 0 Å². The van der Waals surface area contributed by atoms with Gasteiger partial charge in [-0.15, -0.1) is 0 Å². The highest BCUT2D eigenvalue weighted by molar-refractivity contribution is 5.69. The summed E-state index contributed by atoms with van der Waals surface area (Å²) >= 11 is 0. The number of nitrogens with one attached hydrogen (secondary N) is 1. The Hall–Kier alpha value is -1.03. The average molecular weight is 187 g/mol. The van der Waals surface area contributed by atoms with Crippen LogP contribution in [0.15, 0.2) is 11.8 Å². The van der Waals surface area contributed by atoms with Crippen LogP contribution < -0.4 is 5.32 Å². The number of carbonyl (C=O) groups is 1. The smallest absolute Gasteiger partial charge is 0.411 e. The third-order valence-corrected chi connectivity index (χ3v) is 1.18. The van der Waals surface area contributed by atoms with E-state index in [1.807, 2.05) is 0 Å². The number of allylic oxidation sites excluding steroid dienone is 1. The third kappa shape index (κ3) is 6.16. The van der Waals surface area contributed by atoms with Crippen LogP contribution in [0.1, 0.15) is 27.7 Å². The van der Waals surface area contributed by atoms with Gasteiger partial charge >= 0.3 is 6.09 Å². The minimum atomic E-state index is -0.547. The standard InChI is InChI=1S/C9H17NO3/c1-5-7(6-11)10-8(12)13-9(2,3)4/h5,11H,6H2,1-4H3,(H,10,12)/b7-5+. The monoisotopic (exact) mass is 187 g/mol. The van der Waals surface area contributed by atoms with Crippen molar-refractivity contribution in [2.45, 2.75) is 33.3 Å². The molecule has 1 amide bonds. The second-order valence-electron chi connectivity index (χ2n) is 3.60. The van der Waals surface area contributed by atoms with Crippen molar-refractivity contribution in [1.29, 1.82) is 0 Å². The fraction of sp³-hybridized carbons (Fsp3) is 0.667. The van der Waals surface area contributed by atoms with Gasteiger partial charge in [0.25, 0.3) is 0 Å². The molecule has 0 aliphatic heterocycles. The summed E-state index contributed by atoms with van der Waals surface area (Å²) in [6.45, 7) is 6.86. The first-order chi connectivity index (χ1) is 5.89. The molecule has 4 nitrogen and oxygen atoms in total. The van der Waals surface area contributed by atoms with Gasteiger partial charge in [0.1, 0.15) is 5.60 Å². The van der Waals surface area contributed by atoms with Crippen LogP contribution in [-0.2, 0) is 4.74 Å². The predicted molar refractivity (Wildman–Crippen MR) is 50.2 cm³/mol. The van der Waals surface area contributed by atoms with Gasteiger partial charge in [-0.3, -0.25) is 5.32 Å². The van der Waals surface area contributed by atoms with Gasteiger partial charge in [0.2, 0.25) is 0 Å². The molecular weight excluding hydrogens is 170 g/mol. The number of amides is 1. The summed E-state index contributed by atoms with van der Waals surface area (Å²) in [6.07, 6.45) is 1.07. The predicted octanol–water partition coefficient (Wildman–Crippen LogP) is 1.41. The maximum absolute atomic E-state index is 11.1. The number of aliphatic hydroxyl groups excluding tert-OH is 1. The van der Waals surface area contributed by atoms with Crippen LogP contribution >= 0.6 is 0 Å². The maximum Gasteiger partial charge on any atom is 0.411 e. The lowest BCUT2D eigenvalue weighted by Gasteiger charge is -2.20. The molecule has 0 aromatic heterocycles. The van der Waals surface area contributed by atoms with Crippen molar-refractivity contribution in [3.63, 3.8) is 0 Å². The summed E-state index contributed by atoms with van der Waals surface area (Å²) < 4.78 is 4.97. The van der Waals surface area contributed by atoms with E-state index in [1.165, 1.54) is 0 Å². The van der Waals surface area contributed by atoms with Gasteiger partial charge in [-0.2, -0.15) is 0 Å². The summed E-state index contributed by atoms with van der Waals surface area (Å²) in [4.78, 5) is 11.1. The summed E-state index contributed by atoms with van der Waals surface area (Å²) in [6, 6.07) is 0. The van der Waals surface area contributed by atoms with Gasteiger partial charge in [-0.25, -0.2) is 4.79 Å². The van der Waals surface area contributed by atoms with Crippen LogP contribution in [0.25, 0.3) is 0 Å². The molecule has 13 heavy (non-hydrogen) atoms. The largest absolute Gasteiger partial charge is 0.444 e. The Morgan fingerprint density at radius 1 is 1.54 bits per heavy atom. The molecule has 0 bridgehead atoms. The van der Waals surface area contributed by atoms with Crippen molar-refractivity contribution >= 4 is 6.09 Å². The Morgan fingerprint density at radius 2 is 2.08 bits per heavy atom. The molecule has 0 saturated carbocycles. The molecular formula is C9H17NO3. The van der Waals surface area contributed by atoms with Crippen LogP contribution in [0, 0.1) is 0 Å². The Labute approximate surface area is 78.6 Å². The Morgan fingerprint density at radius 3 is 2.38 bits per heavy atom. The lowest BCUT2D eigenvalue weighted by Crippen LogP contribution is -2.32. The molecule has 0 aromatic carbocycles. The van der Waals surface area contributed by atoms with Gasteiger partial charge in [-0.05, 0) is 27.7 Å². The SMILES string of the molecule is C/C=C(\CO)NC(=O)OC(C)(C)C. The molecule has 76 valence electrons. The summed E-state index contributed by atoms with van der Waals surface area (Å²) in [5, 5.41) is 11.2. The van der Waals surface area contributed by atoms with E-state index in [1.54, 1.807) is 33.8 Å². The zero-order valence-electron chi connectivity index (χ0n) is 8.55. The summed E-state index contributed by atoms with van der Waals surface area (Å²) in [5.41, 5.74) is -0.0764. The van der Waals surface area contributed by atoms with Crippen molar-refractivity contribution in [3.05, 3.63) is 11.8 Å². The minimum Gasteiger partial charge on any atom is -0.444 e. The number of ether oxygens (including phenoxy) is 1. The number of hydrogen-bond donors (Lipinski definition) is 2. The molecule has 4 heteroatoms. The van der Waals surface area contributed by atoms with Gasteiger partial charge in [0.15, 0.2) is 0 Å². The number of aliphatic hydroxyl groups is 1. The lowest BCUT2D eigenvalue weighted by atomic mass is 10.2. The summed E-state index contributed by atoms with van der Waals surface area (Å²) in [7, 11) is 0. The first-order valence-electron chi connectivity index (χ1n) is 4.15. The number of hydrogen-bond acceptors (Lipinski definition) is 3. The Bertz CT molecular complexity index is 203.